The fourth-order valence-corrected chi connectivity index (χ4v) is 2.67. The third kappa shape index (κ3) is 4.13. The van der Waals surface area contributed by atoms with Crippen molar-refractivity contribution in [1.82, 2.24) is 14.9 Å². The molecule has 0 unspecified atom stereocenters. The summed E-state index contributed by atoms with van der Waals surface area (Å²) in [7, 11) is 0. The Kier molecular flexibility index (Phi) is 4.55. The molecule has 1 atom stereocenters. The maximum atomic E-state index is 12.1. The minimum atomic E-state index is -0.466. The lowest BCUT2D eigenvalue weighted by atomic mass is 10.1. The van der Waals surface area contributed by atoms with Crippen LogP contribution in [0.25, 0.3) is 11.0 Å². The van der Waals surface area contributed by atoms with Crippen molar-refractivity contribution in [2.24, 2.45) is 5.92 Å². The third-order valence-electron chi connectivity index (χ3n) is 3.83. The maximum absolute atomic E-state index is 12.1. The highest BCUT2D eigenvalue weighted by atomic mass is 16.6. The van der Waals surface area contributed by atoms with Crippen molar-refractivity contribution in [1.29, 1.82) is 0 Å². The van der Waals surface area contributed by atoms with E-state index in [0.717, 1.165) is 17.5 Å². The average Bonchev–Trinajstić information content (AvgIpc) is 3.00. The molecule has 0 bridgehead atoms. The predicted octanol–water partition coefficient (Wildman–Crippen LogP) is 3.27. The van der Waals surface area contributed by atoms with Gasteiger partial charge in [-0.3, -0.25) is 0 Å². The molecule has 1 fully saturated rings. The van der Waals surface area contributed by atoms with Crippen LogP contribution in [0, 0.1) is 5.92 Å². The number of ether oxygens (including phenoxy) is 2. The van der Waals surface area contributed by atoms with Crippen LogP contribution in [0.15, 0.2) is 30.5 Å². The summed E-state index contributed by atoms with van der Waals surface area (Å²) < 4.78 is 11.2. The van der Waals surface area contributed by atoms with Crippen molar-refractivity contribution in [2.45, 2.75) is 32.8 Å². The van der Waals surface area contributed by atoms with Gasteiger partial charge >= 0.3 is 6.09 Å². The first-order valence-electron chi connectivity index (χ1n) is 8.23. The number of aromatic nitrogens is 2. The highest BCUT2D eigenvalue weighted by molar-refractivity contribution is 5.73. The average molecular weight is 329 g/mol. The van der Waals surface area contributed by atoms with Gasteiger partial charge in [-0.25, -0.2) is 14.8 Å². The molecule has 0 radical (unpaired) electrons. The van der Waals surface area contributed by atoms with Crippen LogP contribution in [0.4, 0.5) is 4.79 Å². The Labute approximate surface area is 141 Å². The first-order valence-corrected chi connectivity index (χ1v) is 8.23. The van der Waals surface area contributed by atoms with Crippen LogP contribution in [0.5, 0.6) is 5.88 Å². The van der Waals surface area contributed by atoms with Crippen LogP contribution < -0.4 is 4.74 Å². The predicted molar refractivity (Wildman–Crippen MR) is 90.9 cm³/mol. The molecule has 0 spiro atoms. The van der Waals surface area contributed by atoms with Gasteiger partial charge in [-0.15, -0.1) is 0 Å². The van der Waals surface area contributed by atoms with Gasteiger partial charge in [0.25, 0.3) is 0 Å². The van der Waals surface area contributed by atoms with Crippen molar-refractivity contribution in [3.05, 3.63) is 30.5 Å². The van der Waals surface area contributed by atoms with Gasteiger partial charge in [-0.1, -0.05) is 12.1 Å². The van der Waals surface area contributed by atoms with Gasteiger partial charge in [-0.05, 0) is 39.3 Å². The second-order valence-corrected chi connectivity index (χ2v) is 7.09. The van der Waals surface area contributed by atoms with Gasteiger partial charge in [0.2, 0.25) is 5.88 Å². The second kappa shape index (κ2) is 6.63. The topological polar surface area (TPSA) is 64.5 Å². The van der Waals surface area contributed by atoms with Crippen molar-refractivity contribution in [3.8, 4) is 5.88 Å². The van der Waals surface area contributed by atoms with Gasteiger partial charge < -0.3 is 14.4 Å². The van der Waals surface area contributed by atoms with E-state index in [1.807, 2.05) is 45.0 Å². The molecule has 2 heterocycles. The SMILES string of the molecule is CC(C)(C)OC(=O)N1CC[C@@H](COc2cnc3ccccc3n2)C1. The Bertz CT molecular complexity index is 727. The number of amides is 1. The molecule has 0 saturated carbocycles. The number of carbonyl (C=O) groups is 1. The van der Waals surface area contributed by atoms with Crippen molar-refractivity contribution < 1.29 is 14.3 Å². The lowest BCUT2D eigenvalue weighted by molar-refractivity contribution is 0.0284. The van der Waals surface area contributed by atoms with Crippen LogP contribution in [-0.2, 0) is 4.74 Å². The maximum Gasteiger partial charge on any atom is 0.410 e. The number of nitrogens with zero attached hydrogens (tertiary/aromatic N) is 3. The summed E-state index contributed by atoms with van der Waals surface area (Å²) in [4.78, 5) is 22.6. The van der Waals surface area contributed by atoms with Gasteiger partial charge in [0.05, 0.1) is 23.8 Å². The summed E-state index contributed by atoms with van der Waals surface area (Å²) >= 11 is 0. The van der Waals surface area contributed by atoms with Crippen molar-refractivity contribution >= 4 is 17.1 Å². The molecule has 1 aromatic heterocycles. The summed E-state index contributed by atoms with van der Waals surface area (Å²) in [6, 6.07) is 7.69. The summed E-state index contributed by atoms with van der Waals surface area (Å²) in [5.74, 6) is 0.801. The zero-order valence-corrected chi connectivity index (χ0v) is 14.4. The van der Waals surface area contributed by atoms with Crippen molar-refractivity contribution in [2.75, 3.05) is 19.7 Å². The Balaban J connectivity index is 1.53. The van der Waals surface area contributed by atoms with E-state index in [-0.39, 0.29) is 12.0 Å². The molecule has 2 aromatic rings. The van der Waals surface area contributed by atoms with Crippen LogP contribution in [-0.4, -0.2) is 46.3 Å². The Hall–Kier alpha value is -2.37. The van der Waals surface area contributed by atoms with Gasteiger partial charge in [-0.2, -0.15) is 0 Å². The van der Waals surface area contributed by atoms with E-state index in [9.17, 15) is 4.79 Å². The lowest BCUT2D eigenvalue weighted by Gasteiger charge is -2.24. The largest absolute Gasteiger partial charge is 0.476 e. The van der Waals surface area contributed by atoms with Gasteiger partial charge in [0.15, 0.2) is 0 Å². The number of hydrogen-bond acceptors (Lipinski definition) is 5. The third-order valence-corrected chi connectivity index (χ3v) is 3.83. The standard InChI is InChI=1S/C18H23N3O3/c1-18(2,3)24-17(22)21-9-8-13(11-21)12-23-16-10-19-14-6-4-5-7-15(14)20-16/h4-7,10,13H,8-9,11-12H2,1-3H3/t13-/m1/s1. The number of fused-ring (bicyclic) bond motifs is 1. The molecule has 3 rings (SSSR count). The summed E-state index contributed by atoms with van der Waals surface area (Å²) in [6.45, 7) is 7.49. The first kappa shape index (κ1) is 16.5. The fraction of sp³-hybridized carbons (Fsp3) is 0.500. The van der Waals surface area contributed by atoms with E-state index in [1.54, 1.807) is 11.1 Å². The number of hydrogen-bond donors (Lipinski definition) is 0. The Morgan fingerprint density at radius 3 is 2.79 bits per heavy atom. The lowest BCUT2D eigenvalue weighted by Crippen LogP contribution is -2.35. The summed E-state index contributed by atoms with van der Waals surface area (Å²) in [5, 5.41) is 0. The molecule has 1 saturated heterocycles. The Morgan fingerprint density at radius 2 is 2.04 bits per heavy atom. The smallest absolute Gasteiger partial charge is 0.410 e. The van der Waals surface area contributed by atoms with Crippen LogP contribution in [0.3, 0.4) is 0 Å². The van der Waals surface area contributed by atoms with E-state index in [4.69, 9.17) is 9.47 Å². The molecule has 0 aliphatic carbocycles. The minimum Gasteiger partial charge on any atom is -0.476 e. The molecule has 1 aliphatic rings. The van der Waals surface area contributed by atoms with Crippen LogP contribution in [0.2, 0.25) is 0 Å². The highest BCUT2D eigenvalue weighted by Crippen LogP contribution is 2.21. The minimum absolute atomic E-state index is 0.254. The monoisotopic (exact) mass is 329 g/mol. The summed E-state index contributed by atoms with van der Waals surface area (Å²) in [6.07, 6.45) is 2.29. The van der Waals surface area contributed by atoms with E-state index in [2.05, 4.69) is 9.97 Å². The van der Waals surface area contributed by atoms with E-state index in [0.29, 0.717) is 25.6 Å². The molecule has 1 aliphatic heterocycles. The molecule has 0 N–H and O–H groups in total. The fourth-order valence-electron chi connectivity index (χ4n) is 2.67. The number of likely N-dealkylation sites (tertiary alicyclic amines) is 1. The number of benzene rings is 1. The zero-order chi connectivity index (χ0) is 17.2. The quantitative estimate of drug-likeness (QED) is 0.865. The van der Waals surface area contributed by atoms with E-state index < -0.39 is 5.60 Å². The highest BCUT2D eigenvalue weighted by Gasteiger charge is 2.30. The molecule has 128 valence electrons. The van der Waals surface area contributed by atoms with Crippen LogP contribution >= 0.6 is 0 Å². The van der Waals surface area contributed by atoms with Crippen molar-refractivity contribution in [3.63, 3.8) is 0 Å². The number of carbonyl (C=O) groups excluding carboxylic acids is 1. The van der Waals surface area contributed by atoms with E-state index in [1.165, 1.54) is 0 Å². The molecular weight excluding hydrogens is 306 g/mol. The normalized spacial score (nSPS) is 18.0. The molecule has 1 aromatic carbocycles. The summed E-state index contributed by atoms with van der Waals surface area (Å²) in [5.41, 5.74) is 1.20. The van der Waals surface area contributed by atoms with E-state index >= 15 is 0 Å². The second-order valence-electron chi connectivity index (χ2n) is 7.09. The molecular formula is C18H23N3O3. The molecule has 6 nitrogen and oxygen atoms in total. The number of para-hydroxylation sites is 2. The van der Waals surface area contributed by atoms with Crippen LogP contribution in [0.1, 0.15) is 27.2 Å². The Morgan fingerprint density at radius 1 is 1.29 bits per heavy atom. The molecule has 1 amide bonds. The number of rotatable bonds is 3. The molecule has 6 heteroatoms. The van der Waals surface area contributed by atoms with Gasteiger partial charge in [0.1, 0.15) is 5.60 Å². The first-order chi connectivity index (χ1) is 11.4. The molecule has 24 heavy (non-hydrogen) atoms. The van der Waals surface area contributed by atoms with Gasteiger partial charge in [0, 0.05) is 19.0 Å². The zero-order valence-electron chi connectivity index (χ0n) is 14.4.